The largest absolute Gasteiger partial charge is 0.497 e. The molecule has 22 heavy (non-hydrogen) atoms. The van der Waals surface area contributed by atoms with Crippen LogP contribution in [0.4, 0.5) is 0 Å². The quantitative estimate of drug-likeness (QED) is 0.916. The minimum absolute atomic E-state index is 0.0965. The summed E-state index contributed by atoms with van der Waals surface area (Å²) in [7, 11) is 3.59. The third kappa shape index (κ3) is 2.66. The van der Waals surface area contributed by atoms with E-state index in [1.54, 1.807) is 13.2 Å². The van der Waals surface area contributed by atoms with Crippen LogP contribution in [0.2, 0.25) is 0 Å². The highest BCUT2D eigenvalue weighted by atomic mass is 16.6. The number of nitrogens with zero attached hydrogens (tertiary/aromatic N) is 2. The highest BCUT2D eigenvalue weighted by molar-refractivity contribution is 5.34. The Kier molecular flexibility index (Phi) is 3.56. The number of nitrogens with one attached hydrogen (secondary N) is 1. The van der Waals surface area contributed by atoms with Gasteiger partial charge in [-0.1, -0.05) is 18.1 Å². The lowest BCUT2D eigenvalue weighted by Gasteiger charge is -2.50. The van der Waals surface area contributed by atoms with Crippen molar-refractivity contribution in [1.29, 1.82) is 0 Å². The first-order chi connectivity index (χ1) is 10.5. The van der Waals surface area contributed by atoms with Crippen LogP contribution >= 0.6 is 0 Å². The normalized spacial score (nSPS) is 27.3. The van der Waals surface area contributed by atoms with Gasteiger partial charge in [0, 0.05) is 17.0 Å². The fraction of sp³-hybridized carbons (Fsp3) is 0.500. The van der Waals surface area contributed by atoms with Crippen molar-refractivity contribution in [2.75, 3.05) is 14.2 Å². The van der Waals surface area contributed by atoms with Crippen LogP contribution in [0.5, 0.6) is 17.6 Å². The Morgan fingerprint density at radius 2 is 1.91 bits per heavy atom. The molecule has 1 aliphatic carbocycles. The van der Waals surface area contributed by atoms with Crippen molar-refractivity contribution in [3.05, 3.63) is 30.2 Å². The molecule has 0 spiro atoms. The average Bonchev–Trinajstić information content (AvgIpc) is 2.95. The van der Waals surface area contributed by atoms with Gasteiger partial charge in [0.05, 0.1) is 7.11 Å². The van der Waals surface area contributed by atoms with Gasteiger partial charge in [-0.15, -0.1) is 5.10 Å². The van der Waals surface area contributed by atoms with E-state index >= 15 is 0 Å². The second-order valence-electron chi connectivity index (χ2n) is 6.38. The molecular formula is C16H21N3O3. The predicted octanol–water partition coefficient (Wildman–Crippen LogP) is 2.90. The van der Waals surface area contributed by atoms with Crippen LogP contribution in [0.15, 0.2) is 28.7 Å². The second kappa shape index (κ2) is 5.28. The van der Waals surface area contributed by atoms with Crippen molar-refractivity contribution < 1.29 is 13.9 Å². The van der Waals surface area contributed by atoms with E-state index in [4.69, 9.17) is 13.9 Å². The third-order valence-corrected chi connectivity index (χ3v) is 4.33. The van der Waals surface area contributed by atoms with E-state index in [2.05, 4.69) is 29.4 Å². The highest BCUT2D eigenvalue weighted by Gasteiger charge is 2.52. The van der Waals surface area contributed by atoms with E-state index in [0.29, 0.717) is 17.4 Å². The summed E-state index contributed by atoms with van der Waals surface area (Å²) in [6, 6.07) is 7.28. The summed E-state index contributed by atoms with van der Waals surface area (Å²) >= 11 is 0. The molecule has 2 aromatic rings. The topological polar surface area (TPSA) is 69.4 Å². The molecule has 0 atom stereocenters. The molecule has 0 radical (unpaired) electrons. The maximum absolute atomic E-state index is 5.69. The summed E-state index contributed by atoms with van der Waals surface area (Å²) < 4.78 is 16.5. The molecule has 6 nitrogen and oxygen atoms in total. The monoisotopic (exact) mass is 303 g/mol. The van der Waals surface area contributed by atoms with E-state index in [9.17, 15) is 0 Å². The van der Waals surface area contributed by atoms with Crippen molar-refractivity contribution >= 4 is 0 Å². The van der Waals surface area contributed by atoms with Gasteiger partial charge in [0.1, 0.15) is 11.5 Å². The molecular weight excluding hydrogens is 282 g/mol. The molecule has 3 rings (SSSR count). The van der Waals surface area contributed by atoms with Crippen molar-refractivity contribution in [1.82, 2.24) is 15.5 Å². The van der Waals surface area contributed by atoms with E-state index in [1.165, 1.54) is 0 Å². The Morgan fingerprint density at radius 1 is 1.18 bits per heavy atom. The smallest absolute Gasteiger partial charge is 0.420 e. The Hall–Kier alpha value is -2.08. The molecule has 0 amide bonds. The number of ether oxygens (including phenoxy) is 2. The number of rotatable bonds is 5. The summed E-state index contributed by atoms with van der Waals surface area (Å²) in [6.45, 7) is 4.33. The fourth-order valence-electron chi connectivity index (χ4n) is 3.26. The van der Waals surface area contributed by atoms with Gasteiger partial charge in [0.15, 0.2) is 0 Å². The van der Waals surface area contributed by atoms with Crippen molar-refractivity contribution in [3.63, 3.8) is 0 Å². The summed E-state index contributed by atoms with van der Waals surface area (Å²) in [6.07, 6.45) is 2.07. The Bertz CT molecular complexity index is 662. The zero-order chi connectivity index (χ0) is 15.8. The highest BCUT2D eigenvalue weighted by Crippen LogP contribution is 2.49. The van der Waals surface area contributed by atoms with Crippen LogP contribution in [-0.2, 0) is 5.41 Å². The molecule has 1 N–H and O–H groups in total. The molecule has 1 heterocycles. The number of benzene rings is 1. The zero-order valence-electron chi connectivity index (χ0n) is 13.3. The molecule has 1 aromatic carbocycles. The van der Waals surface area contributed by atoms with Crippen LogP contribution in [0.1, 0.15) is 32.6 Å². The molecule has 1 aromatic heterocycles. The number of methoxy groups -OCH3 is 1. The van der Waals surface area contributed by atoms with Gasteiger partial charge >= 0.3 is 6.08 Å². The first kappa shape index (κ1) is 14.8. The van der Waals surface area contributed by atoms with Gasteiger partial charge in [0.2, 0.25) is 5.89 Å². The molecule has 0 bridgehead atoms. The van der Waals surface area contributed by atoms with Crippen LogP contribution in [-0.4, -0.2) is 29.9 Å². The Balaban J connectivity index is 1.72. The molecule has 118 valence electrons. The first-order valence-electron chi connectivity index (χ1n) is 7.31. The van der Waals surface area contributed by atoms with Crippen molar-refractivity contribution in [3.8, 4) is 17.6 Å². The summed E-state index contributed by atoms with van der Waals surface area (Å²) in [5.74, 6) is 1.94. The van der Waals surface area contributed by atoms with Gasteiger partial charge < -0.3 is 19.2 Å². The van der Waals surface area contributed by atoms with E-state index in [0.717, 1.165) is 12.8 Å². The van der Waals surface area contributed by atoms with E-state index < -0.39 is 0 Å². The van der Waals surface area contributed by atoms with E-state index in [1.807, 2.05) is 25.2 Å². The van der Waals surface area contributed by atoms with Crippen LogP contribution in [0.25, 0.3) is 0 Å². The van der Waals surface area contributed by atoms with Gasteiger partial charge in [-0.25, -0.2) is 0 Å². The molecule has 1 aliphatic rings. The lowest BCUT2D eigenvalue weighted by Crippen LogP contribution is -2.58. The van der Waals surface area contributed by atoms with Crippen LogP contribution in [0, 0.1) is 0 Å². The van der Waals surface area contributed by atoms with Crippen LogP contribution in [0.3, 0.4) is 0 Å². The molecule has 0 saturated heterocycles. The summed E-state index contributed by atoms with van der Waals surface area (Å²) in [5, 5.41) is 11.5. The standard InChI is InChI=1S/C16H21N3O3/c1-15(9-16(2,10-15)17-3)13-18-19-14(22-13)21-12-7-5-6-11(8-12)20-4/h5-8,17H,9-10H2,1-4H3. The molecule has 1 saturated carbocycles. The summed E-state index contributed by atoms with van der Waals surface area (Å²) in [4.78, 5) is 0. The van der Waals surface area contributed by atoms with Crippen LogP contribution < -0.4 is 14.8 Å². The minimum atomic E-state index is -0.0965. The van der Waals surface area contributed by atoms with E-state index in [-0.39, 0.29) is 17.0 Å². The van der Waals surface area contributed by atoms with Gasteiger partial charge in [-0.2, -0.15) is 0 Å². The third-order valence-electron chi connectivity index (χ3n) is 4.33. The van der Waals surface area contributed by atoms with Crippen molar-refractivity contribution in [2.45, 2.75) is 37.6 Å². The fourth-order valence-corrected chi connectivity index (χ4v) is 3.26. The Morgan fingerprint density at radius 3 is 2.59 bits per heavy atom. The number of hydrogen-bond acceptors (Lipinski definition) is 6. The van der Waals surface area contributed by atoms with Gasteiger partial charge in [0.25, 0.3) is 0 Å². The zero-order valence-corrected chi connectivity index (χ0v) is 13.3. The maximum atomic E-state index is 5.69. The Labute approximate surface area is 129 Å². The molecule has 0 aliphatic heterocycles. The first-order valence-corrected chi connectivity index (χ1v) is 7.31. The van der Waals surface area contributed by atoms with Crippen molar-refractivity contribution in [2.24, 2.45) is 0 Å². The lowest BCUT2D eigenvalue weighted by molar-refractivity contribution is 0.0783. The van der Waals surface area contributed by atoms with Gasteiger partial charge in [-0.05, 0) is 38.9 Å². The average molecular weight is 303 g/mol. The SMILES string of the molecule is CNC1(C)CC(C)(c2nnc(Oc3cccc(OC)c3)o2)C1. The lowest BCUT2D eigenvalue weighted by atomic mass is 9.59. The molecule has 6 heteroatoms. The minimum Gasteiger partial charge on any atom is -0.497 e. The second-order valence-corrected chi connectivity index (χ2v) is 6.38. The molecule has 0 unspecified atom stereocenters. The molecule has 1 fully saturated rings. The summed E-state index contributed by atoms with van der Waals surface area (Å²) in [5.41, 5.74) is 0.0395. The predicted molar refractivity (Wildman–Crippen MR) is 81.4 cm³/mol. The maximum Gasteiger partial charge on any atom is 0.420 e. The number of aromatic nitrogens is 2. The number of hydrogen-bond donors (Lipinski definition) is 1. The van der Waals surface area contributed by atoms with Gasteiger partial charge in [-0.3, -0.25) is 0 Å².